The molecule has 1 aliphatic heterocycles. The molecule has 3 heterocycles. The number of rotatable bonds is 3. The molecule has 1 aliphatic rings. The second-order valence-corrected chi connectivity index (χ2v) is 5.34. The molecule has 0 aromatic carbocycles. The standard InChI is InChI=1S/C15H15N5O3/c1-20-8-11(7-17-20)9-4-10(6-16-5-9)14(22)18-12-2-3-13(21)19-15(12)23/h4-8,12H,2-3H2,1H3,(H,18,22)(H,19,21,23). The largest absolute Gasteiger partial charge is 0.340 e. The van der Waals surface area contributed by atoms with Gasteiger partial charge in [0.1, 0.15) is 6.04 Å². The summed E-state index contributed by atoms with van der Waals surface area (Å²) in [5, 5.41) is 8.91. The predicted octanol–water partition coefficient (Wildman–Crippen LogP) is 0.0171. The summed E-state index contributed by atoms with van der Waals surface area (Å²) in [4.78, 5) is 39.2. The summed E-state index contributed by atoms with van der Waals surface area (Å²) in [5.41, 5.74) is 1.95. The van der Waals surface area contributed by atoms with Gasteiger partial charge in [-0.1, -0.05) is 0 Å². The van der Waals surface area contributed by atoms with Crippen LogP contribution in [-0.2, 0) is 16.6 Å². The Kier molecular flexibility index (Phi) is 3.88. The molecule has 3 rings (SSSR count). The maximum atomic E-state index is 12.3. The van der Waals surface area contributed by atoms with Crippen molar-refractivity contribution in [3.8, 4) is 11.1 Å². The zero-order chi connectivity index (χ0) is 16.4. The number of hydrogen-bond acceptors (Lipinski definition) is 5. The molecule has 1 fully saturated rings. The summed E-state index contributed by atoms with van der Waals surface area (Å²) >= 11 is 0. The third-order valence-corrected chi connectivity index (χ3v) is 3.58. The zero-order valence-corrected chi connectivity index (χ0v) is 12.4. The maximum Gasteiger partial charge on any atom is 0.253 e. The fourth-order valence-corrected chi connectivity index (χ4v) is 2.37. The molecule has 1 saturated heterocycles. The first-order valence-electron chi connectivity index (χ1n) is 7.11. The van der Waals surface area contributed by atoms with Crippen molar-refractivity contribution in [3.05, 3.63) is 36.4 Å². The van der Waals surface area contributed by atoms with Gasteiger partial charge in [0.15, 0.2) is 0 Å². The molecule has 1 unspecified atom stereocenters. The first-order valence-corrected chi connectivity index (χ1v) is 7.11. The molecule has 0 aliphatic carbocycles. The van der Waals surface area contributed by atoms with E-state index in [0.717, 1.165) is 11.1 Å². The molecule has 23 heavy (non-hydrogen) atoms. The van der Waals surface area contributed by atoms with Gasteiger partial charge in [-0.15, -0.1) is 0 Å². The van der Waals surface area contributed by atoms with E-state index in [1.165, 1.54) is 6.20 Å². The van der Waals surface area contributed by atoms with Gasteiger partial charge < -0.3 is 5.32 Å². The second-order valence-electron chi connectivity index (χ2n) is 5.34. The van der Waals surface area contributed by atoms with Crippen molar-refractivity contribution in [3.63, 3.8) is 0 Å². The van der Waals surface area contributed by atoms with Crippen molar-refractivity contribution in [1.29, 1.82) is 0 Å². The Balaban J connectivity index is 1.75. The second kappa shape index (κ2) is 5.99. The van der Waals surface area contributed by atoms with E-state index in [2.05, 4.69) is 20.7 Å². The van der Waals surface area contributed by atoms with Crippen LogP contribution < -0.4 is 10.6 Å². The zero-order valence-electron chi connectivity index (χ0n) is 12.4. The highest BCUT2D eigenvalue weighted by Crippen LogP contribution is 2.18. The van der Waals surface area contributed by atoms with E-state index < -0.39 is 17.9 Å². The van der Waals surface area contributed by atoms with Crippen molar-refractivity contribution in [2.75, 3.05) is 0 Å². The highest BCUT2D eigenvalue weighted by atomic mass is 16.2. The first-order chi connectivity index (χ1) is 11.0. The Hall–Kier alpha value is -3.03. The fourth-order valence-electron chi connectivity index (χ4n) is 2.37. The van der Waals surface area contributed by atoms with Crippen LogP contribution in [0.25, 0.3) is 11.1 Å². The molecule has 2 aromatic rings. The van der Waals surface area contributed by atoms with Gasteiger partial charge in [-0.05, 0) is 12.5 Å². The number of hydrogen-bond donors (Lipinski definition) is 2. The van der Waals surface area contributed by atoms with Crippen LogP contribution >= 0.6 is 0 Å². The summed E-state index contributed by atoms with van der Waals surface area (Å²) in [6.45, 7) is 0. The van der Waals surface area contributed by atoms with Gasteiger partial charge in [-0.2, -0.15) is 5.10 Å². The smallest absolute Gasteiger partial charge is 0.253 e. The Morgan fingerprint density at radius 2 is 2.13 bits per heavy atom. The minimum Gasteiger partial charge on any atom is -0.340 e. The lowest BCUT2D eigenvalue weighted by molar-refractivity contribution is -0.134. The molecule has 8 nitrogen and oxygen atoms in total. The summed E-state index contributed by atoms with van der Waals surface area (Å²) in [6.07, 6.45) is 7.08. The molecule has 0 bridgehead atoms. The number of nitrogens with zero attached hydrogens (tertiary/aromatic N) is 3. The number of nitrogens with one attached hydrogen (secondary N) is 2. The topological polar surface area (TPSA) is 106 Å². The number of carbonyl (C=O) groups excluding carboxylic acids is 3. The van der Waals surface area contributed by atoms with E-state index in [0.29, 0.717) is 12.0 Å². The molecule has 8 heteroatoms. The minimum atomic E-state index is -0.706. The van der Waals surface area contributed by atoms with Crippen LogP contribution in [0.1, 0.15) is 23.2 Å². The Bertz CT molecular complexity index is 783. The number of pyridine rings is 1. The average Bonchev–Trinajstić information content (AvgIpc) is 2.97. The summed E-state index contributed by atoms with van der Waals surface area (Å²) in [7, 11) is 1.80. The number of aryl methyl sites for hydroxylation is 1. The normalized spacial score (nSPS) is 17.7. The van der Waals surface area contributed by atoms with Gasteiger partial charge >= 0.3 is 0 Å². The van der Waals surface area contributed by atoms with Gasteiger partial charge in [0.25, 0.3) is 5.91 Å². The van der Waals surface area contributed by atoms with Crippen molar-refractivity contribution in [2.45, 2.75) is 18.9 Å². The summed E-state index contributed by atoms with van der Waals surface area (Å²) in [5.74, 6) is -1.20. The van der Waals surface area contributed by atoms with Gasteiger partial charge in [0.05, 0.1) is 11.8 Å². The van der Waals surface area contributed by atoms with Crippen LogP contribution in [0.15, 0.2) is 30.9 Å². The number of imide groups is 1. The predicted molar refractivity (Wildman–Crippen MR) is 80.1 cm³/mol. The number of amides is 3. The van der Waals surface area contributed by atoms with Gasteiger partial charge in [0, 0.05) is 43.2 Å². The van der Waals surface area contributed by atoms with Crippen molar-refractivity contribution < 1.29 is 14.4 Å². The highest BCUT2D eigenvalue weighted by Gasteiger charge is 2.28. The van der Waals surface area contributed by atoms with Crippen LogP contribution in [0.5, 0.6) is 0 Å². The molecule has 0 spiro atoms. The molecule has 0 radical (unpaired) electrons. The van der Waals surface area contributed by atoms with Crippen molar-refractivity contribution in [2.24, 2.45) is 7.05 Å². The maximum absolute atomic E-state index is 12.3. The third-order valence-electron chi connectivity index (χ3n) is 3.58. The Labute approximate surface area is 131 Å². The molecule has 3 amide bonds. The van der Waals surface area contributed by atoms with Crippen LogP contribution in [0, 0.1) is 0 Å². The molecule has 118 valence electrons. The average molecular weight is 313 g/mol. The molecular formula is C15H15N5O3. The van der Waals surface area contributed by atoms with E-state index in [-0.39, 0.29) is 12.3 Å². The van der Waals surface area contributed by atoms with E-state index >= 15 is 0 Å². The summed E-state index contributed by atoms with van der Waals surface area (Å²) < 4.78 is 1.66. The first kappa shape index (κ1) is 14.9. The molecular weight excluding hydrogens is 298 g/mol. The quantitative estimate of drug-likeness (QED) is 0.777. The monoisotopic (exact) mass is 313 g/mol. The highest BCUT2D eigenvalue weighted by molar-refractivity contribution is 6.03. The molecule has 0 saturated carbocycles. The number of piperidine rings is 1. The van der Waals surface area contributed by atoms with E-state index in [1.807, 2.05) is 6.20 Å². The van der Waals surface area contributed by atoms with E-state index in [4.69, 9.17) is 0 Å². The van der Waals surface area contributed by atoms with Crippen LogP contribution in [0.3, 0.4) is 0 Å². The molecule has 2 aromatic heterocycles. The summed E-state index contributed by atoms with van der Waals surface area (Å²) in [6, 6.07) is 0.979. The van der Waals surface area contributed by atoms with Crippen LogP contribution in [-0.4, -0.2) is 38.5 Å². The lowest BCUT2D eigenvalue weighted by Crippen LogP contribution is -2.52. The SMILES string of the molecule is Cn1cc(-c2cncc(C(=O)NC3CCC(=O)NC3=O)c2)cn1. The van der Waals surface area contributed by atoms with Crippen LogP contribution in [0.2, 0.25) is 0 Å². The molecule has 2 N–H and O–H groups in total. The van der Waals surface area contributed by atoms with Crippen molar-refractivity contribution in [1.82, 2.24) is 25.4 Å². The van der Waals surface area contributed by atoms with Gasteiger partial charge in [0.2, 0.25) is 11.8 Å². The lowest BCUT2D eigenvalue weighted by atomic mass is 10.1. The van der Waals surface area contributed by atoms with Crippen LogP contribution in [0.4, 0.5) is 0 Å². The Morgan fingerprint density at radius 3 is 2.83 bits per heavy atom. The molecule has 1 atom stereocenters. The van der Waals surface area contributed by atoms with Gasteiger partial charge in [-0.3, -0.25) is 29.4 Å². The third kappa shape index (κ3) is 3.25. The van der Waals surface area contributed by atoms with Gasteiger partial charge in [-0.25, -0.2) is 0 Å². The lowest BCUT2D eigenvalue weighted by Gasteiger charge is -2.21. The number of carbonyl (C=O) groups is 3. The fraction of sp³-hybridized carbons (Fsp3) is 0.267. The van der Waals surface area contributed by atoms with E-state index in [9.17, 15) is 14.4 Å². The van der Waals surface area contributed by atoms with Crippen molar-refractivity contribution >= 4 is 17.7 Å². The minimum absolute atomic E-state index is 0.213. The Morgan fingerprint density at radius 1 is 1.30 bits per heavy atom. The number of aromatic nitrogens is 3. The van der Waals surface area contributed by atoms with E-state index in [1.54, 1.807) is 30.2 Å².